The number of hydrogen-bond donors (Lipinski definition) is 1. The molecular formula is C20H23N3O4S. The van der Waals surface area contributed by atoms with Gasteiger partial charge in [-0.05, 0) is 43.7 Å². The Labute approximate surface area is 166 Å². The third kappa shape index (κ3) is 4.89. The Bertz CT molecular complexity index is 995. The first-order chi connectivity index (χ1) is 13.6. The molecule has 1 N–H and O–H groups in total. The highest BCUT2D eigenvalue weighted by atomic mass is 32.1. The quantitative estimate of drug-likeness (QED) is 0.558. The lowest BCUT2D eigenvalue weighted by atomic mass is 10.3. The highest BCUT2D eigenvalue weighted by Crippen LogP contribution is 2.21. The Morgan fingerprint density at radius 3 is 2.57 bits per heavy atom. The van der Waals surface area contributed by atoms with Gasteiger partial charge in [0, 0.05) is 4.88 Å². The predicted octanol–water partition coefficient (Wildman–Crippen LogP) is 2.61. The van der Waals surface area contributed by atoms with Gasteiger partial charge in [0.25, 0.3) is 5.56 Å². The molecule has 0 saturated carbocycles. The molecule has 0 aliphatic carbocycles. The van der Waals surface area contributed by atoms with E-state index >= 15 is 0 Å². The molecule has 7 nitrogen and oxygen atoms in total. The average Bonchev–Trinajstić information content (AvgIpc) is 3.13. The molecule has 2 heterocycles. The van der Waals surface area contributed by atoms with Crippen LogP contribution in [0.4, 0.5) is 0 Å². The normalized spacial score (nSPS) is 10.8. The third-order valence-electron chi connectivity index (χ3n) is 4.06. The van der Waals surface area contributed by atoms with Gasteiger partial charge >= 0.3 is 0 Å². The van der Waals surface area contributed by atoms with Gasteiger partial charge in [-0.3, -0.25) is 14.2 Å². The molecule has 28 heavy (non-hydrogen) atoms. The summed E-state index contributed by atoms with van der Waals surface area (Å²) in [5.74, 6) is 1.23. The van der Waals surface area contributed by atoms with Crippen LogP contribution in [0.2, 0.25) is 0 Å². The molecule has 0 fully saturated rings. The van der Waals surface area contributed by atoms with E-state index in [0.717, 1.165) is 17.0 Å². The SMILES string of the molecule is CCOc1ccc(OCCNC(=O)Cn2cnc3sc(CC)cc3c2=O)cc1. The van der Waals surface area contributed by atoms with Crippen molar-refractivity contribution in [3.8, 4) is 11.5 Å². The van der Waals surface area contributed by atoms with E-state index in [0.29, 0.717) is 35.7 Å². The average molecular weight is 401 g/mol. The topological polar surface area (TPSA) is 82.4 Å². The van der Waals surface area contributed by atoms with Gasteiger partial charge in [-0.2, -0.15) is 0 Å². The Hall–Kier alpha value is -2.87. The molecule has 0 spiro atoms. The number of hydrogen-bond acceptors (Lipinski definition) is 6. The van der Waals surface area contributed by atoms with E-state index in [1.54, 1.807) is 0 Å². The fourth-order valence-corrected chi connectivity index (χ4v) is 3.59. The second-order valence-electron chi connectivity index (χ2n) is 6.07. The zero-order valence-electron chi connectivity index (χ0n) is 15.9. The molecule has 2 aromatic heterocycles. The minimum absolute atomic E-state index is 0.0673. The summed E-state index contributed by atoms with van der Waals surface area (Å²) in [5.41, 5.74) is -0.193. The van der Waals surface area contributed by atoms with Crippen LogP contribution in [0.5, 0.6) is 11.5 Å². The Kier molecular flexibility index (Phi) is 6.65. The number of carbonyl (C=O) groups is 1. The number of aryl methyl sites for hydroxylation is 1. The molecule has 0 unspecified atom stereocenters. The second kappa shape index (κ2) is 9.36. The lowest BCUT2D eigenvalue weighted by molar-refractivity contribution is -0.121. The van der Waals surface area contributed by atoms with Gasteiger partial charge in [0.1, 0.15) is 29.5 Å². The maximum atomic E-state index is 12.5. The van der Waals surface area contributed by atoms with Crippen molar-refractivity contribution < 1.29 is 14.3 Å². The largest absolute Gasteiger partial charge is 0.494 e. The van der Waals surface area contributed by atoms with Crippen molar-refractivity contribution in [1.82, 2.24) is 14.9 Å². The van der Waals surface area contributed by atoms with E-state index in [4.69, 9.17) is 9.47 Å². The number of thiophene rings is 1. The van der Waals surface area contributed by atoms with Crippen LogP contribution in [0.1, 0.15) is 18.7 Å². The Morgan fingerprint density at radius 2 is 1.89 bits per heavy atom. The standard InChI is InChI=1S/C20H23N3O4S/c1-3-16-11-17-19(28-16)22-13-23(20(17)25)12-18(24)21-9-10-27-15-7-5-14(6-8-15)26-4-2/h5-8,11,13H,3-4,9-10,12H2,1-2H3,(H,21,24). The van der Waals surface area contributed by atoms with Crippen molar-refractivity contribution >= 4 is 27.5 Å². The molecule has 1 aromatic carbocycles. The molecule has 0 radical (unpaired) electrons. The molecular weight excluding hydrogens is 378 g/mol. The minimum Gasteiger partial charge on any atom is -0.494 e. The Morgan fingerprint density at radius 1 is 1.18 bits per heavy atom. The third-order valence-corrected chi connectivity index (χ3v) is 5.25. The van der Waals surface area contributed by atoms with E-state index in [2.05, 4.69) is 10.3 Å². The number of carbonyl (C=O) groups excluding carboxylic acids is 1. The summed E-state index contributed by atoms with van der Waals surface area (Å²) < 4.78 is 12.3. The van der Waals surface area contributed by atoms with Crippen LogP contribution >= 0.6 is 11.3 Å². The van der Waals surface area contributed by atoms with Crippen molar-refractivity contribution in [3.63, 3.8) is 0 Å². The van der Waals surface area contributed by atoms with E-state index in [1.807, 2.05) is 44.2 Å². The van der Waals surface area contributed by atoms with Crippen molar-refractivity contribution in [2.75, 3.05) is 19.8 Å². The summed E-state index contributed by atoms with van der Waals surface area (Å²) in [7, 11) is 0. The van der Waals surface area contributed by atoms with Crippen LogP contribution in [0.25, 0.3) is 10.2 Å². The molecule has 1 amide bonds. The highest BCUT2D eigenvalue weighted by molar-refractivity contribution is 7.18. The first-order valence-corrected chi connectivity index (χ1v) is 10.0. The number of nitrogens with zero attached hydrogens (tertiary/aromatic N) is 2. The molecule has 0 atom stereocenters. The summed E-state index contributed by atoms with van der Waals surface area (Å²) in [4.78, 5) is 30.7. The number of fused-ring (bicyclic) bond motifs is 1. The van der Waals surface area contributed by atoms with Crippen molar-refractivity contribution in [3.05, 3.63) is 51.9 Å². The first-order valence-electron chi connectivity index (χ1n) is 9.21. The van der Waals surface area contributed by atoms with E-state index in [-0.39, 0.29) is 18.0 Å². The van der Waals surface area contributed by atoms with Gasteiger partial charge in [-0.25, -0.2) is 4.98 Å². The van der Waals surface area contributed by atoms with E-state index < -0.39 is 0 Å². The summed E-state index contributed by atoms with van der Waals surface area (Å²) in [6, 6.07) is 9.16. The lowest BCUT2D eigenvalue weighted by Crippen LogP contribution is -2.34. The lowest BCUT2D eigenvalue weighted by Gasteiger charge is -2.09. The van der Waals surface area contributed by atoms with Gasteiger partial charge in [0.05, 0.1) is 24.9 Å². The molecule has 0 saturated heterocycles. The van der Waals surface area contributed by atoms with Gasteiger partial charge in [0.2, 0.25) is 5.91 Å². The molecule has 3 rings (SSSR count). The van der Waals surface area contributed by atoms with Gasteiger partial charge in [-0.15, -0.1) is 11.3 Å². The zero-order chi connectivity index (χ0) is 19.9. The molecule has 148 valence electrons. The maximum Gasteiger partial charge on any atom is 0.262 e. The second-order valence-corrected chi connectivity index (χ2v) is 7.18. The number of amides is 1. The van der Waals surface area contributed by atoms with E-state index in [1.165, 1.54) is 22.2 Å². The summed E-state index contributed by atoms with van der Waals surface area (Å²) >= 11 is 1.51. The van der Waals surface area contributed by atoms with Crippen LogP contribution in [-0.2, 0) is 17.8 Å². The number of nitrogens with one attached hydrogen (secondary N) is 1. The number of ether oxygens (including phenoxy) is 2. The van der Waals surface area contributed by atoms with Crippen LogP contribution < -0.4 is 20.3 Å². The summed E-state index contributed by atoms with van der Waals surface area (Å²) in [6.07, 6.45) is 2.28. The van der Waals surface area contributed by atoms with Crippen LogP contribution in [-0.4, -0.2) is 35.2 Å². The number of benzene rings is 1. The predicted molar refractivity (Wildman–Crippen MR) is 109 cm³/mol. The fraction of sp³-hybridized carbons (Fsp3) is 0.350. The first kappa shape index (κ1) is 19.9. The van der Waals surface area contributed by atoms with Crippen LogP contribution in [0.3, 0.4) is 0 Å². The monoisotopic (exact) mass is 401 g/mol. The molecule has 0 bridgehead atoms. The van der Waals surface area contributed by atoms with Crippen LogP contribution in [0, 0.1) is 0 Å². The zero-order valence-corrected chi connectivity index (χ0v) is 16.8. The molecule has 8 heteroatoms. The van der Waals surface area contributed by atoms with Crippen molar-refractivity contribution in [2.45, 2.75) is 26.8 Å². The summed E-state index contributed by atoms with van der Waals surface area (Å²) in [6.45, 7) is 5.18. The summed E-state index contributed by atoms with van der Waals surface area (Å²) in [5, 5.41) is 3.32. The minimum atomic E-state index is -0.260. The molecule has 0 aliphatic heterocycles. The molecule has 3 aromatic rings. The number of rotatable bonds is 9. The van der Waals surface area contributed by atoms with Gasteiger partial charge < -0.3 is 14.8 Å². The van der Waals surface area contributed by atoms with Crippen LogP contribution in [0.15, 0.2) is 41.5 Å². The molecule has 0 aliphatic rings. The van der Waals surface area contributed by atoms with Gasteiger partial charge in [0.15, 0.2) is 0 Å². The number of aromatic nitrogens is 2. The van der Waals surface area contributed by atoms with Crippen molar-refractivity contribution in [1.29, 1.82) is 0 Å². The Balaban J connectivity index is 1.48. The smallest absolute Gasteiger partial charge is 0.262 e. The maximum absolute atomic E-state index is 12.5. The van der Waals surface area contributed by atoms with Gasteiger partial charge in [-0.1, -0.05) is 6.92 Å². The van der Waals surface area contributed by atoms with E-state index in [9.17, 15) is 9.59 Å². The van der Waals surface area contributed by atoms with Crippen molar-refractivity contribution in [2.24, 2.45) is 0 Å². The fourth-order valence-electron chi connectivity index (χ4n) is 2.67. The highest BCUT2D eigenvalue weighted by Gasteiger charge is 2.10.